The number of carbonyl (C=O) groups excluding carboxylic acids is 2. The molecule has 2 aromatic rings. The standard InChI is InChI=1S/C31H35ClF3N3O7/c1-29(2,38-28(40)44-16-18-8-6-5-7-9-18)21-15-24(37-26(32)25(21)43-4)30(41,31(33,34)35)17-36-27(39)19-10-13-22(23(14-19)42-3)45-20-11-12-20/h5-10,13-14,20-21,41H,11-12,15-17H2,1-4H3,(H,36,39)(H,38,40). The molecule has 1 aliphatic carbocycles. The highest BCUT2D eigenvalue weighted by atomic mass is 35.5. The first kappa shape index (κ1) is 33.9. The van der Waals surface area contributed by atoms with Gasteiger partial charge in [-0.25, -0.2) is 9.79 Å². The molecule has 45 heavy (non-hydrogen) atoms. The number of rotatable bonds is 12. The molecule has 1 heterocycles. The third-order valence-corrected chi connectivity index (χ3v) is 7.84. The fourth-order valence-electron chi connectivity index (χ4n) is 4.78. The van der Waals surface area contributed by atoms with Gasteiger partial charge < -0.3 is 34.7 Å². The number of hydrogen-bond donors (Lipinski definition) is 3. The Labute approximate surface area is 263 Å². The Balaban J connectivity index is 1.52. The van der Waals surface area contributed by atoms with Crippen LogP contribution in [0.25, 0.3) is 0 Å². The number of aliphatic hydroxyl groups is 1. The van der Waals surface area contributed by atoms with Gasteiger partial charge in [0.1, 0.15) is 12.4 Å². The van der Waals surface area contributed by atoms with Gasteiger partial charge in [-0.3, -0.25) is 4.79 Å². The van der Waals surface area contributed by atoms with Gasteiger partial charge in [0, 0.05) is 23.4 Å². The van der Waals surface area contributed by atoms with E-state index < -0.39 is 59.1 Å². The van der Waals surface area contributed by atoms with Crippen molar-refractivity contribution >= 4 is 29.3 Å². The highest BCUT2D eigenvalue weighted by Crippen LogP contribution is 2.42. The van der Waals surface area contributed by atoms with Crippen LogP contribution in [-0.4, -0.2) is 67.0 Å². The fourth-order valence-corrected chi connectivity index (χ4v) is 5.09. The number of aliphatic imine (C=N–C) groups is 1. The Morgan fingerprint density at radius 2 is 1.73 bits per heavy atom. The van der Waals surface area contributed by atoms with Crippen molar-refractivity contribution in [2.24, 2.45) is 10.9 Å². The van der Waals surface area contributed by atoms with E-state index in [1.807, 2.05) is 6.07 Å². The maximum atomic E-state index is 14.5. The van der Waals surface area contributed by atoms with E-state index in [4.69, 9.17) is 30.5 Å². The highest BCUT2D eigenvalue weighted by molar-refractivity contribution is 6.30. The van der Waals surface area contributed by atoms with Gasteiger partial charge in [0.2, 0.25) is 5.60 Å². The lowest BCUT2D eigenvalue weighted by atomic mass is 9.77. The summed E-state index contributed by atoms with van der Waals surface area (Å²) in [7, 11) is 2.64. The van der Waals surface area contributed by atoms with Crippen LogP contribution in [0.5, 0.6) is 11.5 Å². The second kappa shape index (κ2) is 13.6. The molecular formula is C31H35ClF3N3O7. The molecule has 2 amide bonds. The Hall–Kier alpha value is -3.97. The van der Waals surface area contributed by atoms with Crippen LogP contribution in [0.4, 0.5) is 18.0 Å². The van der Waals surface area contributed by atoms with Crippen molar-refractivity contribution in [3.8, 4) is 11.5 Å². The predicted octanol–water partition coefficient (Wildman–Crippen LogP) is 5.48. The van der Waals surface area contributed by atoms with Gasteiger partial charge >= 0.3 is 12.3 Å². The molecule has 2 aromatic carbocycles. The molecule has 10 nitrogen and oxygen atoms in total. The number of hydrogen-bond acceptors (Lipinski definition) is 8. The van der Waals surface area contributed by atoms with Crippen LogP contribution in [0.3, 0.4) is 0 Å². The van der Waals surface area contributed by atoms with E-state index in [1.54, 1.807) is 38.1 Å². The molecule has 4 rings (SSSR count). The lowest BCUT2D eigenvalue weighted by Crippen LogP contribution is -2.61. The first-order chi connectivity index (χ1) is 21.2. The molecular weight excluding hydrogens is 619 g/mol. The van der Waals surface area contributed by atoms with E-state index in [9.17, 15) is 27.9 Å². The van der Waals surface area contributed by atoms with Gasteiger partial charge in [-0.15, -0.1) is 0 Å². The molecule has 0 radical (unpaired) electrons. The maximum Gasteiger partial charge on any atom is 0.424 e. The van der Waals surface area contributed by atoms with Crippen LogP contribution < -0.4 is 20.1 Å². The van der Waals surface area contributed by atoms with Gasteiger partial charge in [-0.2, -0.15) is 13.2 Å². The average molecular weight is 654 g/mol. The number of alkyl carbamates (subject to hydrolysis) is 1. The number of nitrogens with one attached hydrogen (secondary N) is 2. The Bertz CT molecular complexity index is 1460. The summed E-state index contributed by atoms with van der Waals surface area (Å²) in [4.78, 5) is 29.5. The largest absolute Gasteiger partial charge is 0.497 e. The molecule has 1 fully saturated rings. The Morgan fingerprint density at radius 3 is 2.33 bits per heavy atom. The third-order valence-electron chi connectivity index (χ3n) is 7.57. The molecule has 0 bridgehead atoms. The minimum absolute atomic E-state index is 0.00272. The van der Waals surface area contributed by atoms with Gasteiger partial charge in [-0.05, 0) is 50.5 Å². The summed E-state index contributed by atoms with van der Waals surface area (Å²) >= 11 is 6.29. The molecule has 0 aromatic heterocycles. The van der Waals surface area contributed by atoms with Gasteiger partial charge in [0.15, 0.2) is 16.7 Å². The zero-order valence-electron chi connectivity index (χ0n) is 25.2. The van der Waals surface area contributed by atoms with E-state index in [0.717, 1.165) is 18.4 Å². The first-order valence-corrected chi connectivity index (χ1v) is 14.5. The number of carbonyl (C=O) groups is 2. The number of amides is 2. The predicted molar refractivity (Wildman–Crippen MR) is 159 cm³/mol. The summed E-state index contributed by atoms with van der Waals surface area (Å²) in [5, 5.41) is 15.5. The number of halogens is 4. The summed E-state index contributed by atoms with van der Waals surface area (Å²) < 4.78 is 65.3. The minimum Gasteiger partial charge on any atom is -0.497 e. The highest BCUT2D eigenvalue weighted by Gasteiger charge is 2.59. The SMILES string of the molecule is COC1=C(Cl)N=C(C(O)(CNC(=O)c2ccc(OC3CC3)c(OC)c2)C(F)(F)F)CC1C(C)(C)NC(=O)OCc1ccccc1. The molecule has 3 N–H and O–H groups in total. The summed E-state index contributed by atoms with van der Waals surface area (Å²) in [6.45, 7) is 1.78. The van der Waals surface area contributed by atoms with E-state index in [1.165, 1.54) is 32.4 Å². The van der Waals surface area contributed by atoms with Crippen LogP contribution in [0.1, 0.15) is 49.0 Å². The molecule has 0 spiro atoms. The summed E-state index contributed by atoms with van der Waals surface area (Å²) in [5.74, 6) is -1.27. The number of nitrogens with zero attached hydrogens (tertiary/aromatic N) is 1. The number of benzene rings is 2. The lowest BCUT2D eigenvalue weighted by molar-refractivity contribution is -0.228. The second-order valence-corrected chi connectivity index (χ2v) is 11.7. The molecule has 1 saturated carbocycles. The quantitative estimate of drug-likeness (QED) is 0.259. The van der Waals surface area contributed by atoms with Crippen LogP contribution in [0, 0.1) is 5.92 Å². The van der Waals surface area contributed by atoms with Gasteiger partial charge in [0.05, 0.1) is 32.6 Å². The zero-order valence-corrected chi connectivity index (χ0v) is 25.9. The number of ether oxygens (including phenoxy) is 4. The van der Waals surface area contributed by atoms with Crippen molar-refractivity contribution in [3.63, 3.8) is 0 Å². The van der Waals surface area contributed by atoms with Crippen LogP contribution in [0.15, 0.2) is 64.4 Å². The van der Waals surface area contributed by atoms with Crippen molar-refractivity contribution in [1.29, 1.82) is 0 Å². The molecule has 14 heteroatoms. The average Bonchev–Trinajstić information content (AvgIpc) is 3.82. The van der Waals surface area contributed by atoms with E-state index in [-0.39, 0.29) is 29.8 Å². The van der Waals surface area contributed by atoms with Crippen molar-refractivity contribution < 1.29 is 46.8 Å². The summed E-state index contributed by atoms with van der Waals surface area (Å²) in [5.41, 5.74) is -4.97. The Morgan fingerprint density at radius 1 is 1.04 bits per heavy atom. The smallest absolute Gasteiger partial charge is 0.424 e. The van der Waals surface area contributed by atoms with E-state index in [2.05, 4.69) is 15.6 Å². The lowest BCUT2D eigenvalue weighted by Gasteiger charge is -2.41. The topological polar surface area (TPSA) is 128 Å². The van der Waals surface area contributed by atoms with E-state index >= 15 is 0 Å². The molecule has 2 unspecified atom stereocenters. The summed E-state index contributed by atoms with van der Waals surface area (Å²) in [6.07, 6.45) is -4.80. The zero-order chi connectivity index (χ0) is 33.0. The first-order valence-electron chi connectivity index (χ1n) is 14.1. The molecule has 0 saturated heterocycles. The number of methoxy groups -OCH3 is 2. The van der Waals surface area contributed by atoms with Crippen LogP contribution in [-0.2, 0) is 16.1 Å². The van der Waals surface area contributed by atoms with Crippen molar-refractivity contribution in [3.05, 3.63) is 70.6 Å². The van der Waals surface area contributed by atoms with Crippen molar-refractivity contribution in [2.45, 2.75) is 63.1 Å². The van der Waals surface area contributed by atoms with Gasteiger partial charge in [0.25, 0.3) is 5.91 Å². The van der Waals surface area contributed by atoms with Crippen molar-refractivity contribution in [1.82, 2.24) is 10.6 Å². The summed E-state index contributed by atoms with van der Waals surface area (Å²) in [6, 6.07) is 13.1. The molecule has 2 atom stereocenters. The minimum atomic E-state index is -5.28. The number of alkyl halides is 3. The van der Waals surface area contributed by atoms with Crippen LogP contribution >= 0.6 is 11.6 Å². The molecule has 1 aliphatic heterocycles. The van der Waals surface area contributed by atoms with Crippen molar-refractivity contribution in [2.75, 3.05) is 20.8 Å². The third kappa shape index (κ3) is 8.01. The van der Waals surface area contributed by atoms with E-state index in [0.29, 0.717) is 5.75 Å². The maximum absolute atomic E-state index is 14.5. The van der Waals surface area contributed by atoms with Crippen LogP contribution in [0.2, 0.25) is 0 Å². The Kier molecular flexibility index (Phi) is 10.2. The monoisotopic (exact) mass is 653 g/mol. The fraction of sp³-hybridized carbons (Fsp3) is 0.452. The van der Waals surface area contributed by atoms with Gasteiger partial charge in [-0.1, -0.05) is 41.9 Å². The second-order valence-electron chi connectivity index (χ2n) is 11.3. The molecule has 244 valence electrons. The normalized spacial score (nSPS) is 18.3. The molecule has 2 aliphatic rings.